The van der Waals surface area contributed by atoms with Crippen LogP contribution in [0.2, 0.25) is 0 Å². The molecule has 8 nitrogen and oxygen atoms in total. The van der Waals surface area contributed by atoms with Gasteiger partial charge >= 0.3 is 5.97 Å². The van der Waals surface area contributed by atoms with E-state index in [1.165, 1.54) is 11.0 Å². The van der Waals surface area contributed by atoms with Crippen molar-refractivity contribution in [1.29, 1.82) is 0 Å². The van der Waals surface area contributed by atoms with Gasteiger partial charge in [0.1, 0.15) is 6.54 Å². The van der Waals surface area contributed by atoms with Gasteiger partial charge in [-0.05, 0) is 35.9 Å². The number of esters is 1. The predicted molar refractivity (Wildman–Crippen MR) is 100.0 cm³/mol. The number of fused-ring (bicyclic) bond motifs is 2. The van der Waals surface area contributed by atoms with Crippen LogP contribution in [0.5, 0.6) is 11.5 Å². The molecule has 2 aromatic rings. The molecule has 0 saturated carbocycles. The van der Waals surface area contributed by atoms with Gasteiger partial charge in [0.15, 0.2) is 18.1 Å². The molecule has 2 amide bonds. The molecule has 0 unspecified atom stereocenters. The quantitative estimate of drug-likeness (QED) is 0.644. The Labute approximate surface area is 160 Å². The van der Waals surface area contributed by atoms with Gasteiger partial charge in [-0.2, -0.15) is 0 Å². The van der Waals surface area contributed by atoms with Crippen molar-refractivity contribution in [3.05, 3.63) is 54.1 Å². The van der Waals surface area contributed by atoms with Crippen LogP contribution < -0.4 is 19.7 Å². The summed E-state index contributed by atoms with van der Waals surface area (Å²) in [5.41, 5.74) is 1.84. The van der Waals surface area contributed by atoms with Gasteiger partial charge < -0.3 is 19.5 Å². The number of hydrogen-bond donors (Lipinski definition) is 1. The third-order valence-electron chi connectivity index (χ3n) is 4.22. The molecule has 0 saturated heterocycles. The van der Waals surface area contributed by atoms with E-state index in [0.29, 0.717) is 22.9 Å². The van der Waals surface area contributed by atoms with Crippen LogP contribution in [0.25, 0.3) is 6.08 Å². The van der Waals surface area contributed by atoms with Gasteiger partial charge in [-0.1, -0.05) is 18.2 Å². The molecule has 28 heavy (non-hydrogen) atoms. The number of hydrogen-bond acceptors (Lipinski definition) is 6. The van der Waals surface area contributed by atoms with Crippen LogP contribution >= 0.6 is 0 Å². The maximum absolute atomic E-state index is 12.4. The molecule has 2 aliphatic heterocycles. The molecule has 4 rings (SSSR count). The number of carbonyl (C=O) groups is 3. The van der Waals surface area contributed by atoms with Crippen LogP contribution in [0.4, 0.5) is 11.4 Å². The molecule has 0 radical (unpaired) electrons. The summed E-state index contributed by atoms with van der Waals surface area (Å²) >= 11 is 0. The molecule has 0 aromatic heterocycles. The predicted octanol–water partition coefficient (Wildman–Crippen LogP) is 1.96. The van der Waals surface area contributed by atoms with E-state index < -0.39 is 18.5 Å². The summed E-state index contributed by atoms with van der Waals surface area (Å²) in [6.45, 7) is -0.420. The number of anilines is 2. The largest absolute Gasteiger partial charge is 0.454 e. The Balaban J connectivity index is 1.36. The van der Waals surface area contributed by atoms with Crippen molar-refractivity contribution >= 4 is 35.2 Å². The zero-order valence-corrected chi connectivity index (χ0v) is 14.7. The van der Waals surface area contributed by atoms with E-state index in [-0.39, 0.29) is 19.2 Å². The number of nitrogens with zero attached hydrogens (tertiary/aromatic N) is 1. The molecular formula is C20H16N2O6. The molecule has 8 heteroatoms. The zero-order valence-electron chi connectivity index (χ0n) is 14.7. The first-order valence-electron chi connectivity index (χ1n) is 8.54. The minimum absolute atomic E-state index is 0.125. The number of amides is 2. The lowest BCUT2D eigenvalue weighted by Gasteiger charge is -2.28. The second kappa shape index (κ2) is 7.43. The number of nitrogens with one attached hydrogen (secondary N) is 1. The fourth-order valence-corrected chi connectivity index (χ4v) is 2.90. The monoisotopic (exact) mass is 380 g/mol. The van der Waals surface area contributed by atoms with Crippen molar-refractivity contribution < 1.29 is 28.6 Å². The maximum Gasteiger partial charge on any atom is 0.331 e. The van der Waals surface area contributed by atoms with E-state index in [1.807, 2.05) is 0 Å². The first-order chi connectivity index (χ1) is 13.6. The highest BCUT2D eigenvalue weighted by Crippen LogP contribution is 2.33. The molecule has 2 heterocycles. The zero-order chi connectivity index (χ0) is 19.5. The van der Waals surface area contributed by atoms with Crippen LogP contribution in [0.15, 0.2) is 48.5 Å². The van der Waals surface area contributed by atoms with Gasteiger partial charge in [-0.15, -0.1) is 0 Å². The third kappa shape index (κ3) is 3.66. The van der Waals surface area contributed by atoms with Gasteiger partial charge in [0, 0.05) is 6.08 Å². The summed E-state index contributed by atoms with van der Waals surface area (Å²) < 4.78 is 15.5. The van der Waals surface area contributed by atoms with Crippen LogP contribution in [0.1, 0.15) is 5.56 Å². The second-order valence-corrected chi connectivity index (χ2v) is 6.10. The fraction of sp³-hybridized carbons (Fsp3) is 0.150. The van der Waals surface area contributed by atoms with Crippen molar-refractivity contribution in [1.82, 2.24) is 0 Å². The standard InChI is InChI=1S/C20H16N2O6/c23-18-10-22(15-4-2-1-3-14(15)21-18)19(24)11-26-20(25)8-6-13-5-7-16-17(9-13)28-12-27-16/h1-9H,10-12H2,(H,21,23)/b8-6-. The van der Waals surface area contributed by atoms with Crippen molar-refractivity contribution in [2.24, 2.45) is 0 Å². The Morgan fingerprint density at radius 3 is 2.86 bits per heavy atom. The topological polar surface area (TPSA) is 94.2 Å². The SMILES string of the molecule is O=C1CN(C(=O)COC(=O)/C=C\c2ccc3c(c2)OCO3)c2ccccc2N1. The molecule has 0 atom stereocenters. The smallest absolute Gasteiger partial charge is 0.331 e. The van der Waals surface area contributed by atoms with E-state index in [4.69, 9.17) is 14.2 Å². The van der Waals surface area contributed by atoms with Crippen LogP contribution in [0, 0.1) is 0 Å². The van der Waals surface area contributed by atoms with Crippen molar-refractivity contribution in [3.8, 4) is 11.5 Å². The van der Waals surface area contributed by atoms with E-state index in [9.17, 15) is 14.4 Å². The molecule has 0 fully saturated rings. The highest BCUT2D eigenvalue weighted by atomic mass is 16.7. The number of carbonyl (C=O) groups excluding carboxylic acids is 3. The Kier molecular flexibility index (Phi) is 4.67. The lowest BCUT2D eigenvalue weighted by atomic mass is 10.2. The molecule has 0 aliphatic carbocycles. The number of benzene rings is 2. The van der Waals surface area contributed by atoms with Gasteiger partial charge in [0.05, 0.1) is 11.4 Å². The Morgan fingerprint density at radius 1 is 1.14 bits per heavy atom. The lowest BCUT2D eigenvalue weighted by molar-refractivity contribution is -0.143. The fourth-order valence-electron chi connectivity index (χ4n) is 2.90. The summed E-state index contributed by atoms with van der Waals surface area (Å²) in [7, 11) is 0. The summed E-state index contributed by atoms with van der Waals surface area (Å²) in [5.74, 6) is -0.196. The second-order valence-electron chi connectivity index (χ2n) is 6.10. The van der Waals surface area contributed by atoms with E-state index in [2.05, 4.69) is 5.32 Å². The summed E-state index contributed by atoms with van der Waals surface area (Å²) in [6, 6.07) is 12.2. The first kappa shape index (κ1) is 17.6. The molecular weight excluding hydrogens is 364 g/mol. The Bertz CT molecular complexity index is 984. The van der Waals surface area contributed by atoms with Gasteiger partial charge in [0.2, 0.25) is 12.7 Å². The third-order valence-corrected chi connectivity index (χ3v) is 4.22. The van der Waals surface area contributed by atoms with Crippen LogP contribution in [0.3, 0.4) is 0 Å². The minimum Gasteiger partial charge on any atom is -0.454 e. The molecule has 142 valence electrons. The Hall–Kier alpha value is -3.81. The molecule has 0 spiro atoms. The van der Waals surface area contributed by atoms with Crippen LogP contribution in [-0.4, -0.2) is 37.7 Å². The average Bonchev–Trinajstić information content (AvgIpc) is 3.17. The van der Waals surface area contributed by atoms with Gasteiger partial charge in [-0.3, -0.25) is 14.5 Å². The van der Waals surface area contributed by atoms with E-state index in [0.717, 1.165) is 5.56 Å². The van der Waals surface area contributed by atoms with Crippen molar-refractivity contribution in [3.63, 3.8) is 0 Å². The van der Waals surface area contributed by atoms with Crippen molar-refractivity contribution in [2.45, 2.75) is 0 Å². The lowest BCUT2D eigenvalue weighted by Crippen LogP contribution is -2.43. The maximum atomic E-state index is 12.4. The highest BCUT2D eigenvalue weighted by Gasteiger charge is 2.27. The van der Waals surface area contributed by atoms with Gasteiger partial charge in [0.25, 0.3) is 5.91 Å². The highest BCUT2D eigenvalue weighted by molar-refractivity contribution is 6.10. The first-order valence-corrected chi connectivity index (χ1v) is 8.54. The molecule has 2 aromatic carbocycles. The van der Waals surface area contributed by atoms with Crippen molar-refractivity contribution in [2.75, 3.05) is 30.2 Å². The van der Waals surface area contributed by atoms with E-state index in [1.54, 1.807) is 48.5 Å². The van der Waals surface area contributed by atoms with E-state index >= 15 is 0 Å². The summed E-state index contributed by atoms with van der Waals surface area (Å²) in [4.78, 5) is 37.4. The summed E-state index contributed by atoms with van der Waals surface area (Å²) in [6.07, 6.45) is 2.78. The Morgan fingerprint density at radius 2 is 1.96 bits per heavy atom. The molecule has 2 aliphatic rings. The number of ether oxygens (including phenoxy) is 3. The number of para-hydroxylation sites is 2. The molecule has 0 bridgehead atoms. The normalized spacial score (nSPS) is 14.6. The van der Waals surface area contributed by atoms with Gasteiger partial charge in [-0.25, -0.2) is 4.79 Å². The molecule has 1 N–H and O–H groups in total. The average molecular weight is 380 g/mol. The minimum atomic E-state index is -0.666. The summed E-state index contributed by atoms with van der Waals surface area (Å²) in [5, 5.41) is 2.69. The van der Waals surface area contributed by atoms with Crippen LogP contribution in [-0.2, 0) is 19.1 Å². The number of rotatable bonds is 4.